The summed E-state index contributed by atoms with van der Waals surface area (Å²) in [5, 5.41) is 8.71. The standard InChI is InChI=1S/C17H20FNO2/c1-12-9-13(2)19(11-12)17(21)15-10-14(5-3-4-8-20)6-7-16(15)18/h6-7,10,12-13,20H,4,8-9,11H2,1-2H3. The fourth-order valence-corrected chi connectivity index (χ4v) is 2.72. The van der Waals surface area contributed by atoms with Crippen molar-refractivity contribution in [3.05, 3.63) is 35.1 Å². The molecule has 0 aromatic heterocycles. The Morgan fingerprint density at radius 3 is 2.86 bits per heavy atom. The van der Waals surface area contributed by atoms with Crippen LogP contribution in [0.1, 0.15) is 42.6 Å². The lowest BCUT2D eigenvalue weighted by Gasteiger charge is -2.21. The predicted molar refractivity (Wildman–Crippen MR) is 79.3 cm³/mol. The molecule has 112 valence electrons. The maximum Gasteiger partial charge on any atom is 0.257 e. The number of halogens is 1. The van der Waals surface area contributed by atoms with Gasteiger partial charge in [0.05, 0.1) is 12.2 Å². The Morgan fingerprint density at radius 2 is 2.24 bits per heavy atom. The first-order valence-corrected chi connectivity index (χ1v) is 7.23. The zero-order valence-electron chi connectivity index (χ0n) is 12.4. The van der Waals surface area contributed by atoms with E-state index in [9.17, 15) is 9.18 Å². The van der Waals surface area contributed by atoms with Crippen molar-refractivity contribution in [2.75, 3.05) is 13.2 Å². The number of benzene rings is 1. The van der Waals surface area contributed by atoms with Gasteiger partial charge in [0.25, 0.3) is 5.91 Å². The highest BCUT2D eigenvalue weighted by atomic mass is 19.1. The zero-order chi connectivity index (χ0) is 15.4. The van der Waals surface area contributed by atoms with Gasteiger partial charge in [-0.2, -0.15) is 0 Å². The molecule has 1 aliphatic heterocycles. The average Bonchev–Trinajstić information content (AvgIpc) is 2.79. The molecular weight excluding hydrogens is 269 g/mol. The average molecular weight is 289 g/mol. The zero-order valence-corrected chi connectivity index (χ0v) is 12.4. The van der Waals surface area contributed by atoms with Gasteiger partial charge in [-0.3, -0.25) is 4.79 Å². The van der Waals surface area contributed by atoms with Gasteiger partial charge in [0.15, 0.2) is 0 Å². The number of likely N-dealkylation sites (tertiary alicyclic amines) is 1. The first-order chi connectivity index (χ1) is 10.0. The third-order valence-electron chi connectivity index (χ3n) is 3.71. The fourth-order valence-electron chi connectivity index (χ4n) is 2.72. The van der Waals surface area contributed by atoms with Crippen molar-refractivity contribution in [3.63, 3.8) is 0 Å². The summed E-state index contributed by atoms with van der Waals surface area (Å²) in [6.45, 7) is 4.74. The van der Waals surface area contributed by atoms with Crippen LogP contribution in [0, 0.1) is 23.6 Å². The van der Waals surface area contributed by atoms with E-state index in [0.717, 1.165) is 6.42 Å². The molecule has 1 heterocycles. The molecule has 2 atom stereocenters. The van der Waals surface area contributed by atoms with Crippen molar-refractivity contribution in [2.45, 2.75) is 32.7 Å². The minimum absolute atomic E-state index is 0.0108. The second-order valence-electron chi connectivity index (χ2n) is 5.62. The van der Waals surface area contributed by atoms with Crippen LogP contribution < -0.4 is 0 Å². The maximum absolute atomic E-state index is 14.0. The summed E-state index contributed by atoms with van der Waals surface area (Å²) < 4.78 is 14.0. The van der Waals surface area contributed by atoms with E-state index < -0.39 is 5.82 Å². The number of amides is 1. The van der Waals surface area contributed by atoms with Gasteiger partial charge in [-0.1, -0.05) is 18.8 Å². The highest BCUT2D eigenvalue weighted by Gasteiger charge is 2.31. The van der Waals surface area contributed by atoms with Crippen LogP contribution in [0.4, 0.5) is 4.39 Å². The molecule has 0 saturated carbocycles. The van der Waals surface area contributed by atoms with Gasteiger partial charge in [-0.15, -0.1) is 0 Å². The van der Waals surface area contributed by atoms with E-state index in [2.05, 4.69) is 18.8 Å². The smallest absolute Gasteiger partial charge is 0.257 e. The number of hydrogen-bond donors (Lipinski definition) is 1. The Kier molecular flexibility index (Phi) is 4.98. The molecule has 1 saturated heterocycles. The molecular formula is C17H20FNO2. The number of aliphatic hydroxyl groups excluding tert-OH is 1. The molecule has 1 N–H and O–H groups in total. The van der Waals surface area contributed by atoms with Crippen LogP contribution in [0.3, 0.4) is 0 Å². The molecule has 0 bridgehead atoms. The summed E-state index contributed by atoms with van der Waals surface area (Å²) in [5.74, 6) is 5.27. The fraction of sp³-hybridized carbons (Fsp3) is 0.471. The minimum atomic E-state index is -0.514. The lowest BCUT2D eigenvalue weighted by molar-refractivity contribution is 0.0739. The topological polar surface area (TPSA) is 40.5 Å². The highest BCUT2D eigenvalue weighted by Crippen LogP contribution is 2.25. The third kappa shape index (κ3) is 3.62. The quantitative estimate of drug-likeness (QED) is 0.850. The molecule has 1 aromatic carbocycles. The Bertz CT molecular complexity index is 588. The largest absolute Gasteiger partial charge is 0.395 e. The molecule has 0 spiro atoms. The normalized spacial score (nSPS) is 21.0. The van der Waals surface area contributed by atoms with Gasteiger partial charge in [0.1, 0.15) is 5.82 Å². The van der Waals surface area contributed by atoms with E-state index >= 15 is 0 Å². The van der Waals surface area contributed by atoms with Gasteiger partial charge >= 0.3 is 0 Å². The Morgan fingerprint density at radius 1 is 1.48 bits per heavy atom. The maximum atomic E-state index is 14.0. The van der Waals surface area contributed by atoms with Gasteiger partial charge in [0, 0.05) is 24.6 Å². The van der Waals surface area contributed by atoms with Crippen molar-refractivity contribution in [1.82, 2.24) is 4.90 Å². The molecule has 0 radical (unpaired) electrons. The van der Waals surface area contributed by atoms with Gasteiger partial charge in [0.2, 0.25) is 0 Å². The van der Waals surface area contributed by atoms with Crippen LogP contribution in [0.25, 0.3) is 0 Å². The number of nitrogens with zero attached hydrogens (tertiary/aromatic N) is 1. The number of carbonyl (C=O) groups is 1. The van der Waals surface area contributed by atoms with Crippen LogP contribution in [0.15, 0.2) is 18.2 Å². The van der Waals surface area contributed by atoms with E-state index in [4.69, 9.17) is 5.11 Å². The second kappa shape index (κ2) is 6.73. The van der Waals surface area contributed by atoms with Crippen LogP contribution in [0.2, 0.25) is 0 Å². The molecule has 0 aliphatic carbocycles. The van der Waals surface area contributed by atoms with Crippen molar-refractivity contribution in [2.24, 2.45) is 5.92 Å². The monoisotopic (exact) mass is 289 g/mol. The van der Waals surface area contributed by atoms with Crippen molar-refractivity contribution >= 4 is 5.91 Å². The summed E-state index contributed by atoms with van der Waals surface area (Å²) in [7, 11) is 0. The van der Waals surface area contributed by atoms with Gasteiger partial charge in [-0.05, 0) is 37.5 Å². The highest BCUT2D eigenvalue weighted by molar-refractivity contribution is 5.95. The summed E-state index contributed by atoms with van der Waals surface area (Å²) >= 11 is 0. The molecule has 2 rings (SSSR count). The number of carbonyl (C=O) groups excluding carboxylic acids is 1. The van der Waals surface area contributed by atoms with Crippen LogP contribution in [-0.2, 0) is 0 Å². The predicted octanol–water partition coefficient (Wildman–Crippen LogP) is 2.43. The molecule has 1 aliphatic rings. The van der Waals surface area contributed by atoms with Crippen molar-refractivity contribution in [3.8, 4) is 11.8 Å². The molecule has 3 nitrogen and oxygen atoms in total. The van der Waals surface area contributed by atoms with E-state index in [-0.39, 0.29) is 24.1 Å². The molecule has 1 fully saturated rings. The summed E-state index contributed by atoms with van der Waals surface area (Å²) in [5.41, 5.74) is 0.667. The first-order valence-electron chi connectivity index (χ1n) is 7.23. The van der Waals surface area contributed by atoms with E-state index in [1.54, 1.807) is 11.0 Å². The number of rotatable bonds is 2. The minimum Gasteiger partial charge on any atom is -0.395 e. The molecule has 1 amide bonds. The Balaban J connectivity index is 2.24. The number of aliphatic hydroxyl groups is 1. The van der Waals surface area contributed by atoms with Crippen molar-refractivity contribution in [1.29, 1.82) is 0 Å². The number of hydrogen-bond acceptors (Lipinski definition) is 2. The summed E-state index contributed by atoms with van der Waals surface area (Å²) in [6.07, 6.45) is 1.31. The first kappa shape index (κ1) is 15.5. The Hall–Kier alpha value is -1.86. The molecule has 4 heteroatoms. The molecule has 2 unspecified atom stereocenters. The summed E-state index contributed by atoms with van der Waals surface area (Å²) in [4.78, 5) is 14.2. The second-order valence-corrected chi connectivity index (χ2v) is 5.62. The third-order valence-corrected chi connectivity index (χ3v) is 3.71. The SMILES string of the molecule is CC1CC(C)N(C(=O)c2cc(C#CCCO)ccc2F)C1. The van der Waals surface area contributed by atoms with E-state index in [1.165, 1.54) is 12.1 Å². The van der Waals surface area contributed by atoms with Gasteiger partial charge < -0.3 is 10.0 Å². The van der Waals surface area contributed by atoms with Crippen LogP contribution in [-0.4, -0.2) is 35.1 Å². The Labute approximate surface area is 124 Å². The summed E-state index contributed by atoms with van der Waals surface area (Å²) in [6, 6.07) is 4.46. The lowest BCUT2D eigenvalue weighted by Crippen LogP contribution is -2.34. The molecule has 1 aromatic rings. The van der Waals surface area contributed by atoms with Gasteiger partial charge in [-0.25, -0.2) is 4.39 Å². The van der Waals surface area contributed by atoms with E-state index in [0.29, 0.717) is 24.4 Å². The van der Waals surface area contributed by atoms with E-state index in [1.807, 2.05) is 6.92 Å². The molecule has 21 heavy (non-hydrogen) atoms. The van der Waals surface area contributed by atoms with Crippen LogP contribution >= 0.6 is 0 Å². The van der Waals surface area contributed by atoms with Crippen molar-refractivity contribution < 1.29 is 14.3 Å². The van der Waals surface area contributed by atoms with Crippen LogP contribution in [0.5, 0.6) is 0 Å². The lowest BCUT2D eigenvalue weighted by atomic mass is 10.1.